The van der Waals surface area contributed by atoms with E-state index < -0.39 is 5.97 Å². The molecule has 1 amide bonds. The first kappa shape index (κ1) is 19.9. The monoisotopic (exact) mass is 398 g/mol. The molecule has 0 bridgehead atoms. The van der Waals surface area contributed by atoms with E-state index in [-0.39, 0.29) is 29.6 Å². The van der Waals surface area contributed by atoms with E-state index in [1.807, 2.05) is 31.3 Å². The Morgan fingerprint density at radius 1 is 1.25 bits per heavy atom. The van der Waals surface area contributed by atoms with Crippen LogP contribution >= 0.6 is 12.6 Å². The van der Waals surface area contributed by atoms with Crippen molar-refractivity contribution in [3.8, 4) is 0 Å². The number of fused-ring (bicyclic) bond motifs is 1. The van der Waals surface area contributed by atoms with Gasteiger partial charge in [0.1, 0.15) is 11.4 Å². The first-order valence-electron chi connectivity index (χ1n) is 8.93. The summed E-state index contributed by atoms with van der Waals surface area (Å²) in [7, 11) is 1.99. The zero-order valence-corrected chi connectivity index (χ0v) is 16.9. The molecule has 0 aliphatic heterocycles. The summed E-state index contributed by atoms with van der Waals surface area (Å²) in [5, 5.41) is 3.76. The van der Waals surface area contributed by atoms with Gasteiger partial charge in [0, 0.05) is 24.7 Å². The summed E-state index contributed by atoms with van der Waals surface area (Å²) >= 11 is 3.97. The van der Waals surface area contributed by atoms with Crippen molar-refractivity contribution in [3.05, 3.63) is 53.1 Å². The maximum Gasteiger partial charge on any atom is 0.343 e. The molecule has 146 valence electrons. The molecule has 0 fully saturated rings. The lowest BCUT2D eigenvalue weighted by atomic mass is 10.2. The number of thiol groups is 1. The van der Waals surface area contributed by atoms with Gasteiger partial charge in [-0.1, -0.05) is 18.2 Å². The summed E-state index contributed by atoms with van der Waals surface area (Å²) in [5.74, 6) is -0.290. The molecule has 2 heterocycles. The van der Waals surface area contributed by atoms with Crippen LogP contribution in [0.15, 0.2) is 30.3 Å². The molecule has 28 heavy (non-hydrogen) atoms. The molecular formula is C20H22N4O3S. The second-order valence-electron chi connectivity index (χ2n) is 6.31. The summed E-state index contributed by atoms with van der Waals surface area (Å²) in [6, 6.07) is 10.2. The molecular weight excluding hydrogens is 376 g/mol. The normalized spacial score (nSPS) is 10.9. The molecule has 8 heteroatoms. The summed E-state index contributed by atoms with van der Waals surface area (Å²) in [6.45, 7) is 3.64. The van der Waals surface area contributed by atoms with Gasteiger partial charge >= 0.3 is 5.97 Å². The Bertz CT molecular complexity index is 1050. The van der Waals surface area contributed by atoms with Crippen LogP contribution in [0.2, 0.25) is 0 Å². The lowest BCUT2D eigenvalue weighted by Crippen LogP contribution is -2.21. The maximum atomic E-state index is 12.3. The van der Waals surface area contributed by atoms with Gasteiger partial charge in [-0.3, -0.25) is 4.79 Å². The van der Waals surface area contributed by atoms with Crippen molar-refractivity contribution in [2.45, 2.75) is 20.3 Å². The number of para-hydroxylation sites is 1. The third-order valence-electron chi connectivity index (χ3n) is 4.41. The van der Waals surface area contributed by atoms with Crippen LogP contribution in [0.3, 0.4) is 0 Å². The second-order valence-corrected chi connectivity index (χ2v) is 6.62. The Labute approximate surface area is 168 Å². The summed E-state index contributed by atoms with van der Waals surface area (Å²) in [5.41, 5.74) is 2.76. The smallest absolute Gasteiger partial charge is 0.343 e. The van der Waals surface area contributed by atoms with Crippen LogP contribution in [-0.4, -0.2) is 38.8 Å². The zero-order valence-electron chi connectivity index (χ0n) is 16.0. The van der Waals surface area contributed by atoms with Crippen molar-refractivity contribution < 1.29 is 14.3 Å². The highest BCUT2D eigenvalue weighted by molar-refractivity contribution is 7.81. The molecule has 0 aliphatic rings. The minimum atomic E-state index is -0.564. The van der Waals surface area contributed by atoms with E-state index in [0.717, 1.165) is 16.6 Å². The maximum absolute atomic E-state index is 12.3. The van der Waals surface area contributed by atoms with Gasteiger partial charge in [0.05, 0.1) is 18.1 Å². The quantitative estimate of drug-likeness (QED) is 0.493. The van der Waals surface area contributed by atoms with E-state index >= 15 is 0 Å². The third-order valence-corrected chi connectivity index (χ3v) is 4.69. The number of benzene rings is 1. The average Bonchev–Trinajstić information content (AvgIpc) is 2.97. The molecule has 7 nitrogen and oxygen atoms in total. The third kappa shape index (κ3) is 4.01. The number of hydrogen-bond acceptors (Lipinski definition) is 6. The summed E-state index contributed by atoms with van der Waals surface area (Å²) in [4.78, 5) is 33.1. The number of ether oxygens (including phenoxy) is 1. The van der Waals surface area contributed by atoms with E-state index in [1.54, 1.807) is 13.8 Å². The standard InChI is InChI=1S/C20H22N4O3S/c1-4-27-20(26)18-12(2)21-16(22-19(18)23-17(25)11-28)10-14-9-13-7-5-6-8-15(13)24(14)3/h5-9,28H,4,10-11H2,1-3H3,(H,21,22,23,25). The van der Waals surface area contributed by atoms with E-state index in [1.165, 1.54) is 0 Å². The van der Waals surface area contributed by atoms with Crippen LogP contribution in [0.1, 0.15) is 34.5 Å². The fraction of sp³-hybridized carbons (Fsp3) is 0.300. The lowest BCUT2D eigenvalue weighted by molar-refractivity contribution is -0.113. The molecule has 1 N–H and O–H groups in total. The molecule has 0 aliphatic carbocycles. The van der Waals surface area contributed by atoms with Crippen LogP contribution in [-0.2, 0) is 23.0 Å². The Hall–Kier alpha value is -2.87. The number of nitrogens with one attached hydrogen (secondary N) is 1. The van der Waals surface area contributed by atoms with Crippen molar-refractivity contribution in [1.29, 1.82) is 0 Å². The van der Waals surface area contributed by atoms with Crippen molar-refractivity contribution in [2.24, 2.45) is 7.05 Å². The van der Waals surface area contributed by atoms with Gasteiger partial charge in [0.25, 0.3) is 0 Å². The van der Waals surface area contributed by atoms with E-state index in [0.29, 0.717) is 17.9 Å². The predicted molar refractivity (Wildman–Crippen MR) is 111 cm³/mol. The Morgan fingerprint density at radius 3 is 2.68 bits per heavy atom. The number of anilines is 1. The fourth-order valence-corrected chi connectivity index (χ4v) is 3.18. The minimum absolute atomic E-state index is 0.0240. The van der Waals surface area contributed by atoms with Gasteiger partial charge in [-0.25, -0.2) is 14.8 Å². The molecule has 0 atom stereocenters. The van der Waals surface area contributed by atoms with Gasteiger partial charge in [-0.15, -0.1) is 0 Å². The number of carbonyl (C=O) groups is 2. The van der Waals surface area contributed by atoms with Crippen LogP contribution < -0.4 is 5.32 Å². The van der Waals surface area contributed by atoms with Crippen LogP contribution in [0, 0.1) is 6.92 Å². The number of rotatable bonds is 6. The van der Waals surface area contributed by atoms with Gasteiger partial charge in [-0.2, -0.15) is 12.6 Å². The van der Waals surface area contributed by atoms with E-state index in [9.17, 15) is 9.59 Å². The van der Waals surface area contributed by atoms with E-state index in [2.05, 4.69) is 38.5 Å². The zero-order chi connectivity index (χ0) is 20.3. The molecule has 3 aromatic rings. The van der Waals surface area contributed by atoms with Crippen molar-refractivity contribution in [3.63, 3.8) is 0 Å². The number of carbonyl (C=O) groups excluding carboxylic acids is 2. The lowest BCUT2D eigenvalue weighted by Gasteiger charge is -2.13. The molecule has 0 spiro atoms. The van der Waals surface area contributed by atoms with Crippen LogP contribution in [0.4, 0.5) is 5.82 Å². The molecule has 0 saturated heterocycles. The van der Waals surface area contributed by atoms with Crippen LogP contribution in [0.5, 0.6) is 0 Å². The van der Waals surface area contributed by atoms with Crippen molar-refractivity contribution in [2.75, 3.05) is 17.7 Å². The highest BCUT2D eigenvalue weighted by Crippen LogP contribution is 2.22. The Balaban J connectivity index is 2.02. The summed E-state index contributed by atoms with van der Waals surface area (Å²) < 4.78 is 7.17. The van der Waals surface area contributed by atoms with Gasteiger partial charge < -0.3 is 14.6 Å². The van der Waals surface area contributed by atoms with Crippen molar-refractivity contribution in [1.82, 2.24) is 14.5 Å². The number of nitrogens with zero attached hydrogens (tertiary/aromatic N) is 3. The topological polar surface area (TPSA) is 86.1 Å². The highest BCUT2D eigenvalue weighted by atomic mass is 32.1. The van der Waals surface area contributed by atoms with Gasteiger partial charge in [0.15, 0.2) is 5.82 Å². The number of esters is 1. The minimum Gasteiger partial charge on any atom is -0.462 e. The summed E-state index contributed by atoms with van der Waals surface area (Å²) in [6.07, 6.45) is 0.457. The van der Waals surface area contributed by atoms with Gasteiger partial charge in [-0.05, 0) is 31.4 Å². The molecule has 1 aromatic carbocycles. The molecule has 2 aromatic heterocycles. The first-order chi connectivity index (χ1) is 13.4. The largest absolute Gasteiger partial charge is 0.462 e. The average molecular weight is 398 g/mol. The second kappa shape index (κ2) is 8.43. The number of aryl methyl sites for hydroxylation is 2. The highest BCUT2D eigenvalue weighted by Gasteiger charge is 2.22. The van der Waals surface area contributed by atoms with E-state index in [4.69, 9.17) is 4.74 Å². The molecule has 0 unspecified atom stereocenters. The Kier molecular flexibility index (Phi) is 5.99. The van der Waals surface area contributed by atoms with Crippen LogP contribution in [0.25, 0.3) is 10.9 Å². The first-order valence-corrected chi connectivity index (χ1v) is 9.56. The SMILES string of the molecule is CCOC(=O)c1c(C)nc(Cc2cc3ccccc3n2C)nc1NC(=O)CS. The number of aromatic nitrogens is 3. The predicted octanol–water partition coefficient (Wildman–Crippen LogP) is 2.91. The van der Waals surface area contributed by atoms with Crippen molar-refractivity contribution >= 4 is 41.2 Å². The number of hydrogen-bond donors (Lipinski definition) is 2. The fourth-order valence-electron chi connectivity index (χ4n) is 3.10. The molecule has 3 rings (SSSR count). The Morgan fingerprint density at radius 2 is 2.00 bits per heavy atom. The molecule has 0 saturated carbocycles. The number of amides is 1. The van der Waals surface area contributed by atoms with Gasteiger partial charge in [0.2, 0.25) is 5.91 Å². The molecule has 0 radical (unpaired) electrons.